The van der Waals surface area contributed by atoms with E-state index in [-0.39, 0.29) is 5.92 Å². The number of carboxylic acid groups (broad SMARTS) is 1. The van der Waals surface area contributed by atoms with Crippen LogP contribution in [0.3, 0.4) is 0 Å². The summed E-state index contributed by atoms with van der Waals surface area (Å²) < 4.78 is 0. The third kappa shape index (κ3) is 5.24. The zero-order valence-electron chi connectivity index (χ0n) is 11.9. The fraction of sp³-hybridized carbons (Fsp3) is 0.235. The van der Waals surface area contributed by atoms with E-state index in [1.807, 2.05) is 12.1 Å². The zero-order chi connectivity index (χ0) is 15.0. The first-order chi connectivity index (χ1) is 9.52. The quantitative estimate of drug-likeness (QED) is 0.899. The van der Waals surface area contributed by atoms with Crippen LogP contribution in [0.25, 0.3) is 11.1 Å². The lowest BCUT2D eigenvalue weighted by Crippen LogP contribution is -2.34. The smallest absolute Gasteiger partial charge is 0.320 e. The van der Waals surface area contributed by atoms with Crippen molar-refractivity contribution in [1.29, 1.82) is 0 Å². The highest BCUT2D eigenvalue weighted by atomic mass is 16.4. The van der Waals surface area contributed by atoms with Crippen LogP contribution in [0.1, 0.15) is 13.8 Å². The Hall–Kier alpha value is -2.13. The van der Waals surface area contributed by atoms with Crippen molar-refractivity contribution in [3.8, 4) is 11.1 Å². The summed E-state index contributed by atoms with van der Waals surface area (Å²) in [6.07, 6.45) is 0. The topological polar surface area (TPSA) is 63.3 Å². The van der Waals surface area contributed by atoms with E-state index in [1.165, 1.54) is 11.1 Å². The number of carboxylic acids is 1. The molecule has 20 heavy (non-hydrogen) atoms. The number of aliphatic carboxylic acids is 1. The second-order valence-corrected chi connectivity index (χ2v) is 4.84. The molecule has 2 aromatic rings. The average molecular weight is 271 g/mol. The molecule has 0 spiro atoms. The molecular formula is C17H21NO2. The van der Waals surface area contributed by atoms with Crippen LogP contribution in [0.5, 0.6) is 0 Å². The van der Waals surface area contributed by atoms with E-state index in [2.05, 4.69) is 48.5 Å². The van der Waals surface area contributed by atoms with Crippen molar-refractivity contribution in [2.75, 3.05) is 0 Å². The maximum absolute atomic E-state index is 10.0. The molecule has 2 aromatic carbocycles. The molecule has 0 amide bonds. The number of benzene rings is 2. The number of carbonyl (C=O) groups is 1. The summed E-state index contributed by atoms with van der Waals surface area (Å²) in [5, 5.41) is 8.23. The van der Waals surface area contributed by atoms with Crippen LogP contribution in [0, 0.1) is 5.92 Å². The second kappa shape index (κ2) is 8.12. The fourth-order valence-electron chi connectivity index (χ4n) is 1.55. The van der Waals surface area contributed by atoms with E-state index in [1.54, 1.807) is 13.8 Å². The van der Waals surface area contributed by atoms with E-state index in [9.17, 15) is 4.79 Å². The van der Waals surface area contributed by atoms with Gasteiger partial charge in [0.05, 0.1) is 0 Å². The number of rotatable bonds is 3. The van der Waals surface area contributed by atoms with Gasteiger partial charge in [-0.2, -0.15) is 0 Å². The summed E-state index contributed by atoms with van der Waals surface area (Å²) in [4.78, 5) is 10.0. The highest BCUT2D eigenvalue weighted by molar-refractivity contribution is 5.73. The molecule has 0 fully saturated rings. The van der Waals surface area contributed by atoms with Gasteiger partial charge in [0.25, 0.3) is 0 Å². The normalized spacial score (nSPS) is 11.4. The zero-order valence-corrected chi connectivity index (χ0v) is 11.9. The van der Waals surface area contributed by atoms with Gasteiger partial charge in [0.15, 0.2) is 0 Å². The van der Waals surface area contributed by atoms with Crippen LogP contribution in [0.4, 0.5) is 0 Å². The molecule has 0 aromatic heterocycles. The molecule has 0 aliphatic carbocycles. The fourth-order valence-corrected chi connectivity index (χ4v) is 1.55. The average Bonchev–Trinajstić information content (AvgIpc) is 2.48. The minimum Gasteiger partial charge on any atom is -0.480 e. The van der Waals surface area contributed by atoms with Crippen molar-refractivity contribution in [3.63, 3.8) is 0 Å². The molecule has 1 unspecified atom stereocenters. The Morgan fingerprint density at radius 3 is 1.45 bits per heavy atom. The van der Waals surface area contributed by atoms with Crippen LogP contribution in [-0.2, 0) is 4.79 Å². The van der Waals surface area contributed by atoms with E-state index in [0.717, 1.165) is 0 Å². The van der Waals surface area contributed by atoms with Gasteiger partial charge in [-0.1, -0.05) is 74.5 Å². The van der Waals surface area contributed by atoms with Gasteiger partial charge >= 0.3 is 5.97 Å². The van der Waals surface area contributed by atoms with E-state index in [4.69, 9.17) is 10.8 Å². The molecule has 0 aliphatic heterocycles. The Bertz CT molecular complexity index is 472. The summed E-state index contributed by atoms with van der Waals surface area (Å²) >= 11 is 0. The Kier molecular flexibility index (Phi) is 6.47. The SMILES string of the molecule is CC(C)C(N)C(=O)O.c1ccc(-c2ccccc2)cc1. The van der Waals surface area contributed by atoms with E-state index < -0.39 is 12.0 Å². The summed E-state index contributed by atoms with van der Waals surface area (Å²) in [6, 6.07) is 20.1. The van der Waals surface area contributed by atoms with Crippen LogP contribution in [0.15, 0.2) is 60.7 Å². The van der Waals surface area contributed by atoms with Gasteiger partial charge in [-0.15, -0.1) is 0 Å². The standard InChI is InChI=1S/C12H10.C5H11NO2/c1-3-7-11(8-4-1)12-9-5-2-6-10-12;1-3(2)4(6)5(7)8/h1-10H;3-4H,6H2,1-2H3,(H,7,8). The van der Waals surface area contributed by atoms with Crippen LogP contribution in [-0.4, -0.2) is 17.1 Å². The second-order valence-electron chi connectivity index (χ2n) is 4.84. The van der Waals surface area contributed by atoms with Crippen LogP contribution < -0.4 is 5.73 Å². The van der Waals surface area contributed by atoms with Crippen LogP contribution in [0.2, 0.25) is 0 Å². The van der Waals surface area contributed by atoms with Crippen molar-refractivity contribution in [2.24, 2.45) is 11.7 Å². The van der Waals surface area contributed by atoms with Gasteiger partial charge < -0.3 is 10.8 Å². The summed E-state index contributed by atoms with van der Waals surface area (Å²) in [7, 11) is 0. The van der Waals surface area contributed by atoms with Gasteiger partial charge in [0.2, 0.25) is 0 Å². The Labute approximate surface area is 120 Å². The van der Waals surface area contributed by atoms with Gasteiger partial charge in [0, 0.05) is 0 Å². The molecule has 0 bridgehead atoms. The first-order valence-electron chi connectivity index (χ1n) is 6.61. The minimum atomic E-state index is -0.931. The predicted octanol–water partition coefficient (Wildman–Crippen LogP) is 3.41. The molecule has 106 valence electrons. The molecule has 0 heterocycles. The van der Waals surface area contributed by atoms with E-state index >= 15 is 0 Å². The Morgan fingerprint density at radius 1 is 0.900 bits per heavy atom. The predicted molar refractivity (Wildman–Crippen MR) is 82.3 cm³/mol. The summed E-state index contributed by atoms with van der Waals surface area (Å²) in [6.45, 7) is 3.55. The number of hydrogen-bond donors (Lipinski definition) is 2. The first-order valence-corrected chi connectivity index (χ1v) is 6.61. The molecule has 0 radical (unpaired) electrons. The van der Waals surface area contributed by atoms with Gasteiger partial charge in [-0.05, 0) is 17.0 Å². The van der Waals surface area contributed by atoms with Gasteiger partial charge in [0.1, 0.15) is 6.04 Å². The number of nitrogens with two attached hydrogens (primary N) is 1. The Morgan fingerprint density at radius 2 is 1.25 bits per heavy atom. The third-order valence-corrected chi connectivity index (χ3v) is 2.88. The van der Waals surface area contributed by atoms with Crippen molar-refractivity contribution >= 4 is 5.97 Å². The lowest BCUT2D eigenvalue weighted by Gasteiger charge is -2.07. The maximum atomic E-state index is 10.0. The molecule has 3 N–H and O–H groups in total. The molecular weight excluding hydrogens is 250 g/mol. The Balaban J connectivity index is 0.000000221. The van der Waals surface area contributed by atoms with E-state index in [0.29, 0.717) is 0 Å². The maximum Gasteiger partial charge on any atom is 0.320 e. The minimum absolute atomic E-state index is 0.0208. The van der Waals surface area contributed by atoms with Gasteiger partial charge in [-0.25, -0.2) is 0 Å². The van der Waals surface area contributed by atoms with Gasteiger partial charge in [-0.3, -0.25) is 4.79 Å². The number of hydrogen-bond acceptors (Lipinski definition) is 2. The van der Waals surface area contributed by atoms with Crippen molar-refractivity contribution in [2.45, 2.75) is 19.9 Å². The lowest BCUT2D eigenvalue weighted by atomic mass is 10.1. The van der Waals surface area contributed by atoms with Crippen molar-refractivity contribution < 1.29 is 9.90 Å². The first kappa shape index (κ1) is 15.9. The molecule has 3 heteroatoms. The largest absolute Gasteiger partial charge is 0.480 e. The molecule has 0 saturated carbocycles. The van der Waals surface area contributed by atoms with Crippen molar-refractivity contribution in [3.05, 3.63) is 60.7 Å². The lowest BCUT2D eigenvalue weighted by molar-refractivity contribution is -0.139. The molecule has 0 saturated heterocycles. The van der Waals surface area contributed by atoms with Crippen LogP contribution >= 0.6 is 0 Å². The summed E-state index contributed by atoms with van der Waals surface area (Å²) in [5.74, 6) is -0.910. The highest BCUT2D eigenvalue weighted by Gasteiger charge is 2.14. The monoisotopic (exact) mass is 271 g/mol. The molecule has 0 aliphatic rings. The molecule has 1 atom stereocenters. The summed E-state index contributed by atoms with van der Waals surface area (Å²) in [5.41, 5.74) is 7.71. The third-order valence-electron chi connectivity index (χ3n) is 2.88. The molecule has 2 rings (SSSR count). The molecule has 3 nitrogen and oxygen atoms in total. The highest BCUT2D eigenvalue weighted by Crippen LogP contribution is 2.17. The van der Waals surface area contributed by atoms with Crippen molar-refractivity contribution in [1.82, 2.24) is 0 Å².